The highest BCUT2D eigenvalue weighted by Crippen LogP contribution is 2.33. The molecule has 140 valence electrons. The van der Waals surface area contributed by atoms with E-state index in [0.717, 1.165) is 27.8 Å². The van der Waals surface area contributed by atoms with Gasteiger partial charge in [0.1, 0.15) is 5.82 Å². The van der Waals surface area contributed by atoms with Crippen molar-refractivity contribution in [3.8, 4) is 11.3 Å². The van der Waals surface area contributed by atoms with Crippen molar-refractivity contribution in [1.29, 1.82) is 0 Å². The lowest BCUT2D eigenvalue weighted by Crippen LogP contribution is -2.47. The minimum Gasteiger partial charge on any atom is -0.771 e. The Morgan fingerprint density at radius 3 is 2.44 bits per heavy atom. The summed E-state index contributed by atoms with van der Waals surface area (Å²) in [4.78, 5) is 8.99. The largest absolute Gasteiger partial charge is 0.771 e. The number of aromatic nitrogens is 1. The van der Waals surface area contributed by atoms with E-state index in [1.807, 2.05) is 29.2 Å². The maximum Gasteiger partial charge on any atom is 0.123 e. The zero-order valence-electron chi connectivity index (χ0n) is 14.7. The average molecular weight is 384 g/mol. The number of hydrogen-bond acceptors (Lipinski definition) is 5. The molecule has 2 aromatic carbocycles. The zero-order chi connectivity index (χ0) is 18.8. The number of rotatable bonds is 4. The summed E-state index contributed by atoms with van der Waals surface area (Å²) in [6.07, 6.45) is 0. The van der Waals surface area contributed by atoms with Crippen LogP contribution in [0.2, 0.25) is 0 Å². The molecule has 0 spiro atoms. The normalized spacial score (nSPS) is 16.6. The van der Waals surface area contributed by atoms with Crippen molar-refractivity contribution in [1.82, 2.24) is 9.88 Å². The summed E-state index contributed by atoms with van der Waals surface area (Å²) in [5.41, 5.74) is 3.55. The number of piperazine rings is 1. The number of benzene rings is 2. The Hall–Kier alpha value is -2.35. The van der Waals surface area contributed by atoms with Crippen LogP contribution in [0.4, 0.5) is 10.1 Å². The Morgan fingerprint density at radius 2 is 1.74 bits per heavy atom. The Bertz CT molecular complexity index is 973. The highest BCUT2D eigenvalue weighted by atomic mass is 32.2. The first-order valence-corrected chi connectivity index (χ1v) is 10.0. The Morgan fingerprint density at radius 1 is 1.04 bits per heavy atom. The first-order valence-electron chi connectivity index (χ1n) is 8.79. The van der Waals surface area contributed by atoms with E-state index in [2.05, 4.69) is 11.0 Å². The van der Waals surface area contributed by atoms with E-state index in [1.54, 1.807) is 12.1 Å². The van der Waals surface area contributed by atoms with Crippen LogP contribution in [0.1, 0.15) is 0 Å². The topological polar surface area (TPSA) is 59.5 Å². The second-order valence-electron chi connectivity index (χ2n) is 6.59. The molecule has 1 unspecified atom stereocenters. The first-order chi connectivity index (χ1) is 13.1. The van der Waals surface area contributed by atoms with E-state index in [-0.39, 0.29) is 11.7 Å². The molecule has 1 aliphatic heterocycles. The van der Waals surface area contributed by atoms with Gasteiger partial charge < -0.3 is 9.45 Å². The maximum atomic E-state index is 13.4. The molecule has 1 fully saturated rings. The van der Waals surface area contributed by atoms with Gasteiger partial charge in [0.05, 0.1) is 22.8 Å². The number of nitrogens with zero attached hydrogens (tertiary/aromatic N) is 3. The molecule has 1 saturated heterocycles. The van der Waals surface area contributed by atoms with Crippen LogP contribution in [0.3, 0.4) is 0 Å². The molecule has 0 aliphatic carbocycles. The second kappa shape index (κ2) is 7.72. The van der Waals surface area contributed by atoms with E-state index in [9.17, 15) is 13.2 Å². The lowest BCUT2D eigenvalue weighted by Gasteiger charge is -2.37. The first kappa shape index (κ1) is 18.0. The summed E-state index contributed by atoms with van der Waals surface area (Å²) < 4.78 is 35.2. The smallest absolute Gasteiger partial charge is 0.123 e. The highest BCUT2D eigenvalue weighted by molar-refractivity contribution is 7.79. The lowest BCUT2D eigenvalue weighted by molar-refractivity contribution is 0.291. The molecule has 0 bridgehead atoms. The molecule has 1 aromatic heterocycles. The van der Waals surface area contributed by atoms with Crippen LogP contribution in [-0.4, -0.2) is 50.7 Å². The molecule has 0 radical (unpaired) electrons. The zero-order valence-corrected chi connectivity index (χ0v) is 15.5. The van der Waals surface area contributed by atoms with Crippen molar-refractivity contribution in [3.05, 3.63) is 60.4 Å². The molecule has 2 heterocycles. The fraction of sp³-hybridized carbons (Fsp3) is 0.250. The number of fused-ring (bicyclic) bond motifs is 1. The van der Waals surface area contributed by atoms with Gasteiger partial charge in [-0.3, -0.25) is 9.11 Å². The van der Waals surface area contributed by atoms with Crippen LogP contribution in [-0.2, 0) is 11.1 Å². The summed E-state index contributed by atoms with van der Waals surface area (Å²) in [5, 5.41) is 1.04. The quantitative estimate of drug-likeness (QED) is 0.647. The SMILES string of the molecule is O=S([O-])CN1CCN(c2cc3ccccc3nc2-c2ccc(F)cc2)CC1. The monoisotopic (exact) mass is 384 g/mol. The van der Waals surface area contributed by atoms with Crippen LogP contribution < -0.4 is 4.90 Å². The van der Waals surface area contributed by atoms with Gasteiger partial charge >= 0.3 is 0 Å². The molecule has 5 nitrogen and oxygen atoms in total. The maximum absolute atomic E-state index is 13.4. The predicted octanol–water partition coefficient (Wildman–Crippen LogP) is 3.00. The van der Waals surface area contributed by atoms with Gasteiger partial charge in [0.15, 0.2) is 0 Å². The minimum atomic E-state index is -2.06. The molecular weight excluding hydrogens is 365 g/mol. The van der Waals surface area contributed by atoms with Crippen molar-refractivity contribution in [3.63, 3.8) is 0 Å². The van der Waals surface area contributed by atoms with Crippen LogP contribution in [0.5, 0.6) is 0 Å². The number of para-hydroxylation sites is 1. The van der Waals surface area contributed by atoms with Gasteiger partial charge in [0.2, 0.25) is 0 Å². The van der Waals surface area contributed by atoms with Crippen molar-refractivity contribution >= 4 is 27.7 Å². The third-order valence-electron chi connectivity index (χ3n) is 4.82. The van der Waals surface area contributed by atoms with Crippen molar-refractivity contribution in [2.75, 3.05) is 37.0 Å². The summed E-state index contributed by atoms with van der Waals surface area (Å²) in [7, 11) is 0. The fourth-order valence-corrected chi connectivity index (χ4v) is 3.99. The Balaban J connectivity index is 1.71. The molecule has 1 atom stereocenters. The molecule has 0 N–H and O–H groups in total. The summed E-state index contributed by atoms with van der Waals surface area (Å²) >= 11 is -2.06. The van der Waals surface area contributed by atoms with Gasteiger partial charge in [-0.2, -0.15) is 0 Å². The number of halogens is 1. The molecular formula is C20H19FN3O2S-. The molecule has 3 aromatic rings. The van der Waals surface area contributed by atoms with E-state index in [1.165, 1.54) is 12.1 Å². The molecule has 27 heavy (non-hydrogen) atoms. The summed E-state index contributed by atoms with van der Waals surface area (Å²) in [5.74, 6) is -0.213. The Labute approximate surface area is 159 Å². The number of hydrogen-bond donors (Lipinski definition) is 0. The van der Waals surface area contributed by atoms with Crippen LogP contribution >= 0.6 is 0 Å². The van der Waals surface area contributed by atoms with Crippen molar-refractivity contribution in [2.45, 2.75) is 0 Å². The summed E-state index contributed by atoms with van der Waals surface area (Å²) in [6, 6.07) is 16.4. The fourth-order valence-electron chi connectivity index (χ4n) is 3.43. The van der Waals surface area contributed by atoms with Crippen molar-refractivity contribution < 1.29 is 13.2 Å². The van der Waals surface area contributed by atoms with Crippen LogP contribution in [0.15, 0.2) is 54.6 Å². The molecule has 1 aliphatic rings. The van der Waals surface area contributed by atoms with Gasteiger partial charge in [-0.05, 0) is 47.5 Å². The van der Waals surface area contributed by atoms with Crippen LogP contribution in [0.25, 0.3) is 22.2 Å². The number of anilines is 1. The third-order valence-corrected chi connectivity index (χ3v) is 5.40. The summed E-state index contributed by atoms with van der Waals surface area (Å²) in [6.45, 7) is 2.77. The van der Waals surface area contributed by atoms with E-state index < -0.39 is 11.1 Å². The van der Waals surface area contributed by atoms with Gasteiger partial charge in [-0.1, -0.05) is 18.2 Å². The standard InChI is InChI=1S/C20H20FN3O2S/c21-17-7-5-15(6-8-17)20-19(13-16-3-1-2-4-18(16)22-20)24-11-9-23(10-12-24)14-27(25)26/h1-8,13H,9-12,14H2,(H,25,26)/p-1. The molecule has 0 amide bonds. The molecule has 4 rings (SSSR count). The third kappa shape index (κ3) is 4.00. The van der Waals surface area contributed by atoms with Crippen LogP contribution in [0, 0.1) is 5.82 Å². The number of pyridine rings is 1. The second-order valence-corrected chi connectivity index (χ2v) is 7.46. The van der Waals surface area contributed by atoms with E-state index in [4.69, 9.17) is 4.98 Å². The Kier molecular flexibility index (Phi) is 5.15. The lowest BCUT2D eigenvalue weighted by atomic mass is 10.1. The highest BCUT2D eigenvalue weighted by Gasteiger charge is 2.21. The van der Waals surface area contributed by atoms with Gasteiger partial charge in [0, 0.05) is 37.1 Å². The average Bonchev–Trinajstić information content (AvgIpc) is 2.68. The van der Waals surface area contributed by atoms with Gasteiger partial charge in [0.25, 0.3) is 0 Å². The van der Waals surface area contributed by atoms with Crippen molar-refractivity contribution in [2.24, 2.45) is 0 Å². The minimum absolute atomic E-state index is 0.0641. The van der Waals surface area contributed by atoms with Gasteiger partial charge in [-0.15, -0.1) is 0 Å². The van der Waals surface area contributed by atoms with Gasteiger partial charge in [-0.25, -0.2) is 9.37 Å². The van der Waals surface area contributed by atoms with E-state index >= 15 is 0 Å². The molecule has 7 heteroatoms. The van der Waals surface area contributed by atoms with E-state index in [0.29, 0.717) is 26.2 Å². The predicted molar refractivity (Wildman–Crippen MR) is 105 cm³/mol. The molecule has 0 saturated carbocycles.